The summed E-state index contributed by atoms with van der Waals surface area (Å²) in [5.41, 5.74) is 6.49. The van der Waals surface area contributed by atoms with Crippen molar-refractivity contribution in [2.45, 2.75) is 37.6 Å². The maximum absolute atomic E-state index is 12.3. The van der Waals surface area contributed by atoms with E-state index in [-0.39, 0.29) is 17.4 Å². The highest BCUT2D eigenvalue weighted by molar-refractivity contribution is 9.10. The Morgan fingerprint density at radius 2 is 2.28 bits per heavy atom. The Bertz CT molecular complexity index is 441. The third-order valence-corrected chi connectivity index (χ3v) is 3.94. The summed E-state index contributed by atoms with van der Waals surface area (Å²) in [7, 11) is 0. The third kappa shape index (κ3) is 2.93. The van der Waals surface area contributed by atoms with Crippen molar-refractivity contribution in [3.63, 3.8) is 0 Å². The summed E-state index contributed by atoms with van der Waals surface area (Å²) in [5.74, 6) is 0.140. The van der Waals surface area contributed by atoms with Gasteiger partial charge in [0, 0.05) is 17.1 Å². The van der Waals surface area contributed by atoms with Crippen LogP contribution < -0.4 is 11.1 Å². The number of nitrogens with one attached hydrogen (secondary N) is 1. The Hall–Kier alpha value is -0.870. The summed E-state index contributed by atoms with van der Waals surface area (Å²) in [6.07, 6.45) is 2.70. The lowest BCUT2D eigenvalue weighted by Crippen LogP contribution is -2.36. The lowest BCUT2D eigenvalue weighted by molar-refractivity contribution is -0.123. The number of benzene rings is 1. The molecular formula is C14H19BrN2O. The Kier molecular flexibility index (Phi) is 4.07. The molecular weight excluding hydrogens is 292 g/mol. The molecule has 1 aliphatic rings. The minimum absolute atomic E-state index is 0.131. The van der Waals surface area contributed by atoms with Crippen LogP contribution >= 0.6 is 15.9 Å². The van der Waals surface area contributed by atoms with Gasteiger partial charge in [0.25, 0.3) is 0 Å². The molecule has 1 aromatic rings. The van der Waals surface area contributed by atoms with E-state index in [1.165, 1.54) is 0 Å². The summed E-state index contributed by atoms with van der Waals surface area (Å²) in [5, 5.41) is 3.00. The maximum atomic E-state index is 12.3. The van der Waals surface area contributed by atoms with E-state index in [0.29, 0.717) is 6.54 Å². The zero-order valence-corrected chi connectivity index (χ0v) is 12.2. The highest BCUT2D eigenvalue weighted by Crippen LogP contribution is 2.48. The summed E-state index contributed by atoms with van der Waals surface area (Å²) in [4.78, 5) is 12.3. The summed E-state index contributed by atoms with van der Waals surface area (Å²) in [6, 6.07) is 8.16. The van der Waals surface area contributed by atoms with Crippen molar-refractivity contribution in [2.24, 2.45) is 5.73 Å². The van der Waals surface area contributed by atoms with E-state index in [2.05, 4.69) is 21.2 Å². The molecule has 0 radical (unpaired) electrons. The van der Waals surface area contributed by atoms with Crippen LogP contribution in [0.3, 0.4) is 0 Å². The van der Waals surface area contributed by atoms with Crippen LogP contribution in [0.15, 0.2) is 28.7 Å². The quantitative estimate of drug-likeness (QED) is 0.877. The molecule has 2 rings (SSSR count). The number of halogens is 1. The van der Waals surface area contributed by atoms with Crippen molar-refractivity contribution < 1.29 is 4.79 Å². The molecule has 1 amide bonds. The van der Waals surface area contributed by atoms with Gasteiger partial charge in [-0.3, -0.25) is 4.79 Å². The van der Waals surface area contributed by atoms with Gasteiger partial charge in [0.05, 0.1) is 5.41 Å². The predicted molar refractivity (Wildman–Crippen MR) is 76.3 cm³/mol. The average molecular weight is 311 g/mol. The smallest absolute Gasteiger partial charge is 0.230 e. The summed E-state index contributed by atoms with van der Waals surface area (Å²) in [6.45, 7) is 2.61. The predicted octanol–water partition coefficient (Wildman–Crippen LogP) is 2.33. The largest absolute Gasteiger partial charge is 0.355 e. The zero-order chi connectivity index (χ0) is 13.2. The van der Waals surface area contributed by atoms with E-state index in [1.54, 1.807) is 0 Å². The first-order chi connectivity index (χ1) is 8.54. The lowest BCUT2D eigenvalue weighted by atomic mass is 9.95. The van der Waals surface area contributed by atoms with Crippen LogP contribution in [0, 0.1) is 0 Å². The Balaban J connectivity index is 2.01. The molecule has 1 fully saturated rings. The minimum atomic E-state index is -0.290. The second-order valence-electron chi connectivity index (χ2n) is 5.11. The monoisotopic (exact) mass is 310 g/mol. The minimum Gasteiger partial charge on any atom is -0.355 e. The molecule has 1 aliphatic carbocycles. The number of carbonyl (C=O) groups is 1. The molecule has 1 aromatic carbocycles. The summed E-state index contributed by atoms with van der Waals surface area (Å²) < 4.78 is 1.02. The first-order valence-electron chi connectivity index (χ1n) is 6.34. The van der Waals surface area contributed by atoms with Crippen LogP contribution in [0.4, 0.5) is 0 Å². The molecule has 0 heterocycles. The lowest BCUT2D eigenvalue weighted by Gasteiger charge is -2.16. The zero-order valence-electron chi connectivity index (χ0n) is 10.6. The van der Waals surface area contributed by atoms with Crippen LogP contribution in [0.1, 0.15) is 31.7 Å². The first kappa shape index (κ1) is 13.6. The molecule has 4 heteroatoms. The van der Waals surface area contributed by atoms with Crippen LogP contribution in [-0.2, 0) is 10.2 Å². The van der Waals surface area contributed by atoms with Crippen molar-refractivity contribution in [2.75, 3.05) is 6.54 Å². The van der Waals surface area contributed by atoms with E-state index in [1.807, 2.05) is 31.2 Å². The number of hydrogen-bond donors (Lipinski definition) is 2. The summed E-state index contributed by atoms with van der Waals surface area (Å²) >= 11 is 3.45. The van der Waals surface area contributed by atoms with Gasteiger partial charge < -0.3 is 11.1 Å². The highest BCUT2D eigenvalue weighted by Gasteiger charge is 2.51. The van der Waals surface area contributed by atoms with Crippen LogP contribution in [0.2, 0.25) is 0 Å². The van der Waals surface area contributed by atoms with E-state index < -0.39 is 0 Å². The fourth-order valence-electron chi connectivity index (χ4n) is 2.14. The number of rotatable bonds is 5. The van der Waals surface area contributed by atoms with Crippen LogP contribution in [-0.4, -0.2) is 18.5 Å². The van der Waals surface area contributed by atoms with Gasteiger partial charge in [0.2, 0.25) is 5.91 Å². The normalized spacial score (nSPS) is 18.2. The van der Waals surface area contributed by atoms with Crippen molar-refractivity contribution in [1.82, 2.24) is 5.32 Å². The van der Waals surface area contributed by atoms with Gasteiger partial charge in [0.1, 0.15) is 0 Å². The fourth-order valence-corrected chi connectivity index (χ4v) is 2.54. The molecule has 3 N–H and O–H groups in total. The number of hydrogen-bond acceptors (Lipinski definition) is 2. The molecule has 0 aliphatic heterocycles. The van der Waals surface area contributed by atoms with E-state index in [9.17, 15) is 4.79 Å². The van der Waals surface area contributed by atoms with Gasteiger partial charge in [-0.05, 0) is 43.9 Å². The van der Waals surface area contributed by atoms with E-state index in [4.69, 9.17) is 5.73 Å². The fraction of sp³-hybridized carbons (Fsp3) is 0.500. The van der Waals surface area contributed by atoms with Crippen molar-refractivity contribution in [3.8, 4) is 0 Å². The molecule has 3 nitrogen and oxygen atoms in total. The molecule has 98 valence electrons. The first-order valence-corrected chi connectivity index (χ1v) is 7.14. The Labute approximate surface area is 116 Å². The molecule has 1 saturated carbocycles. The molecule has 1 unspecified atom stereocenters. The molecule has 0 bridgehead atoms. The van der Waals surface area contributed by atoms with E-state index >= 15 is 0 Å². The Morgan fingerprint density at radius 3 is 2.83 bits per heavy atom. The molecule has 0 spiro atoms. The maximum Gasteiger partial charge on any atom is 0.230 e. The molecule has 0 saturated heterocycles. The van der Waals surface area contributed by atoms with Crippen molar-refractivity contribution >= 4 is 21.8 Å². The van der Waals surface area contributed by atoms with Gasteiger partial charge in [-0.1, -0.05) is 28.1 Å². The standard InChI is InChI=1S/C14H19BrN2O/c1-10(16)5-8-17-13(18)14(6-7-14)11-3-2-4-12(15)9-11/h2-4,9-10H,5-8,16H2,1H3,(H,17,18). The Morgan fingerprint density at radius 1 is 1.56 bits per heavy atom. The van der Waals surface area contributed by atoms with Crippen LogP contribution in [0.25, 0.3) is 0 Å². The number of amides is 1. The van der Waals surface area contributed by atoms with Gasteiger partial charge in [-0.25, -0.2) is 0 Å². The topological polar surface area (TPSA) is 55.1 Å². The highest BCUT2D eigenvalue weighted by atomic mass is 79.9. The average Bonchev–Trinajstić information content (AvgIpc) is 3.09. The van der Waals surface area contributed by atoms with Crippen LogP contribution in [0.5, 0.6) is 0 Å². The number of carbonyl (C=O) groups excluding carboxylic acids is 1. The second kappa shape index (κ2) is 5.41. The van der Waals surface area contributed by atoms with Gasteiger partial charge >= 0.3 is 0 Å². The number of nitrogens with two attached hydrogens (primary N) is 1. The second-order valence-corrected chi connectivity index (χ2v) is 6.03. The van der Waals surface area contributed by atoms with Crippen molar-refractivity contribution in [1.29, 1.82) is 0 Å². The SMILES string of the molecule is CC(N)CCNC(=O)C1(c2cccc(Br)c2)CC1. The van der Waals surface area contributed by atoms with E-state index in [0.717, 1.165) is 29.3 Å². The molecule has 18 heavy (non-hydrogen) atoms. The van der Waals surface area contributed by atoms with Crippen molar-refractivity contribution in [3.05, 3.63) is 34.3 Å². The third-order valence-electron chi connectivity index (χ3n) is 3.45. The van der Waals surface area contributed by atoms with Gasteiger partial charge in [-0.15, -0.1) is 0 Å². The molecule has 1 atom stereocenters. The molecule has 0 aromatic heterocycles. The van der Waals surface area contributed by atoms with Gasteiger partial charge in [0.15, 0.2) is 0 Å². The van der Waals surface area contributed by atoms with Gasteiger partial charge in [-0.2, -0.15) is 0 Å².